The maximum atomic E-state index is 12.9. The van der Waals surface area contributed by atoms with Gasteiger partial charge in [-0.1, -0.05) is 60.5 Å². The molecule has 3 rings (SSSR count). The highest BCUT2D eigenvalue weighted by Gasteiger charge is 2.22. The third kappa shape index (κ3) is 6.48. The van der Waals surface area contributed by atoms with Crippen molar-refractivity contribution < 1.29 is 17.9 Å². The van der Waals surface area contributed by atoms with Gasteiger partial charge in [0, 0.05) is 5.56 Å². The first-order valence-corrected chi connectivity index (χ1v) is 13.6. The number of carbonyl (C=O) groups excluding carboxylic acids is 1. The highest BCUT2D eigenvalue weighted by molar-refractivity contribution is 7.92. The predicted molar refractivity (Wildman–Crippen MR) is 142 cm³/mol. The van der Waals surface area contributed by atoms with Gasteiger partial charge in [0.25, 0.3) is 5.91 Å². The third-order valence-electron chi connectivity index (χ3n) is 5.68. The van der Waals surface area contributed by atoms with Crippen LogP contribution in [0.3, 0.4) is 0 Å². The van der Waals surface area contributed by atoms with Gasteiger partial charge >= 0.3 is 0 Å². The smallest absolute Gasteiger partial charge is 0.251 e. The summed E-state index contributed by atoms with van der Waals surface area (Å²) < 4.78 is 31.5. The fourth-order valence-electron chi connectivity index (χ4n) is 3.77. The molecule has 0 heterocycles. The van der Waals surface area contributed by atoms with Crippen LogP contribution in [-0.2, 0) is 16.6 Å². The SMILES string of the molecule is CC[C@H](NC(=O)c1ccc(CN(c2cccc(Cl)c2Cl)S(C)(=O)=O)cc1)c1ccc(OC)c(C)c1. The first kappa shape index (κ1) is 26.9. The Labute approximate surface area is 216 Å². The van der Waals surface area contributed by atoms with Crippen LogP contribution < -0.4 is 14.4 Å². The number of amides is 1. The second-order valence-electron chi connectivity index (χ2n) is 8.20. The van der Waals surface area contributed by atoms with Crippen LogP contribution in [0, 0.1) is 6.92 Å². The van der Waals surface area contributed by atoms with Gasteiger partial charge in [-0.05, 0) is 60.4 Å². The second-order valence-corrected chi connectivity index (χ2v) is 10.9. The molecule has 0 saturated carbocycles. The topological polar surface area (TPSA) is 75.7 Å². The summed E-state index contributed by atoms with van der Waals surface area (Å²) >= 11 is 12.4. The zero-order chi connectivity index (χ0) is 25.8. The average Bonchev–Trinajstić information content (AvgIpc) is 2.82. The quantitative estimate of drug-likeness (QED) is 0.356. The maximum Gasteiger partial charge on any atom is 0.251 e. The van der Waals surface area contributed by atoms with Crippen molar-refractivity contribution in [3.63, 3.8) is 0 Å². The fraction of sp³-hybridized carbons (Fsp3) is 0.269. The molecule has 1 atom stereocenters. The highest BCUT2D eigenvalue weighted by Crippen LogP contribution is 2.34. The first-order chi connectivity index (χ1) is 16.5. The minimum Gasteiger partial charge on any atom is -0.496 e. The Morgan fingerprint density at radius 1 is 1.09 bits per heavy atom. The summed E-state index contributed by atoms with van der Waals surface area (Å²) in [5.41, 5.74) is 3.46. The number of benzene rings is 3. The summed E-state index contributed by atoms with van der Waals surface area (Å²) in [7, 11) is -2.01. The van der Waals surface area contributed by atoms with Gasteiger partial charge in [-0.15, -0.1) is 0 Å². The number of ether oxygens (including phenoxy) is 1. The van der Waals surface area contributed by atoms with Crippen molar-refractivity contribution in [1.29, 1.82) is 0 Å². The van der Waals surface area contributed by atoms with Crippen LogP contribution in [0.1, 0.15) is 46.4 Å². The summed E-state index contributed by atoms with van der Waals surface area (Å²) in [5, 5.41) is 3.50. The van der Waals surface area contributed by atoms with E-state index in [1.54, 1.807) is 49.6 Å². The molecule has 6 nitrogen and oxygen atoms in total. The molecule has 9 heteroatoms. The molecule has 0 radical (unpaired) electrons. The van der Waals surface area contributed by atoms with Gasteiger partial charge in [0.05, 0.1) is 41.7 Å². The molecule has 186 valence electrons. The van der Waals surface area contributed by atoms with Gasteiger partial charge in [0.15, 0.2) is 0 Å². The Bertz CT molecular complexity index is 1310. The van der Waals surface area contributed by atoms with E-state index >= 15 is 0 Å². The first-order valence-electron chi connectivity index (χ1n) is 11.0. The molecule has 0 aromatic heterocycles. The van der Waals surface area contributed by atoms with E-state index in [4.69, 9.17) is 27.9 Å². The van der Waals surface area contributed by atoms with Crippen LogP contribution in [0.15, 0.2) is 60.7 Å². The van der Waals surface area contributed by atoms with Crippen LogP contribution in [0.5, 0.6) is 5.75 Å². The molecule has 0 saturated heterocycles. The van der Waals surface area contributed by atoms with Crippen LogP contribution in [-0.4, -0.2) is 27.7 Å². The average molecular weight is 535 g/mol. The van der Waals surface area contributed by atoms with Crippen molar-refractivity contribution in [3.8, 4) is 5.75 Å². The van der Waals surface area contributed by atoms with E-state index in [1.807, 2.05) is 32.0 Å². The number of hydrogen-bond donors (Lipinski definition) is 1. The van der Waals surface area contributed by atoms with E-state index in [1.165, 1.54) is 4.31 Å². The zero-order valence-corrected chi connectivity index (χ0v) is 22.3. The number of hydrogen-bond acceptors (Lipinski definition) is 4. The van der Waals surface area contributed by atoms with Gasteiger partial charge in [-0.3, -0.25) is 9.10 Å². The lowest BCUT2D eigenvalue weighted by molar-refractivity contribution is 0.0935. The van der Waals surface area contributed by atoms with Gasteiger partial charge in [0.2, 0.25) is 10.0 Å². The van der Waals surface area contributed by atoms with Crippen molar-refractivity contribution >= 4 is 44.8 Å². The molecule has 1 N–H and O–H groups in total. The standard InChI is InChI=1S/C26H28Cl2N2O4S/c1-5-22(20-13-14-24(34-3)17(2)15-20)29-26(31)19-11-9-18(10-12-19)16-30(35(4,32)33)23-8-6-7-21(27)25(23)28/h6-15,22H,5,16H2,1-4H3,(H,29,31)/t22-/m0/s1. The molecule has 0 bridgehead atoms. The lowest BCUT2D eigenvalue weighted by Crippen LogP contribution is -2.30. The normalized spacial score (nSPS) is 12.2. The molecule has 0 unspecified atom stereocenters. The number of nitrogens with one attached hydrogen (secondary N) is 1. The van der Waals surface area contributed by atoms with Gasteiger partial charge in [-0.25, -0.2) is 8.42 Å². The third-order valence-corrected chi connectivity index (χ3v) is 7.61. The van der Waals surface area contributed by atoms with Crippen molar-refractivity contribution in [2.75, 3.05) is 17.7 Å². The Kier molecular flexibility index (Phi) is 8.70. The number of halogens is 2. The van der Waals surface area contributed by atoms with E-state index in [0.29, 0.717) is 16.8 Å². The zero-order valence-electron chi connectivity index (χ0n) is 20.0. The largest absolute Gasteiger partial charge is 0.496 e. The summed E-state index contributed by atoms with van der Waals surface area (Å²) in [6, 6.07) is 17.3. The number of anilines is 1. The summed E-state index contributed by atoms with van der Waals surface area (Å²) in [5.74, 6) is 0.586. The predicted octanol–water partition coefficient (Wildman–Crippen LogP) is 6.16. The molecule has 0 spiro atoms. The van der Waals surface area contributed by atoms with Crippen LogP contribution in [0.25, 0.3) is 0 Å². The van der Waals surface area contributed by atoms with Gasteiger partial charge in [-0.2, -0.15) is 0 Å². The van der Waals surface area contributed by atoms with Gasteiger partial charge in [0.1, 0.15) is 5.75 Å². The number of aryl methyl sites for hydroxylation is 1. The Morgan fingerprint density at radius 2 is 1.77 bits per heavy atom. The van der Waals surface area contributed by atoms with Crippen molar-refractivity contribution in [2.24, 2.45) is 0 Å². The number of sulfonamides is 1. The van der Waals surface area contributed by atoms with Crippen molar-refractivity contribution in [2.45, 2.75) is 32.9 Å². The van der Waals surface area contributed by atoms with Gasteiger partial charge < -0.3 is 10.1 Å². The minimum absolute atomic E-state index is 0.0451. The maximum absolute atomic E-state index is 12.9. The van der Waals surface area contributed by atoms with E-state index in [0.717, 1.165) is 29.6 Å². The molecule has 0 aliphatic carbocycles. The minimum atomic E-state index is -3.64. The number of nitrogens with zero attached hydrogens (tertiary/aromatic N) is 1. The molecule has 0 aliphatic heterocycles. The molecule has 1 amide bonds. The number of carbonyl (C=O) groups is 1. The lowest BCUT2D eigenvalue weighted by Gasteiger charge is -2.24. The summed E-state index contributed by atoms with van der Waals surface area (Å²) in [6.07, 6.45) is 1.83. The Balaban J connectivity index is 1.77. The molecular formula is C26H28Cl2N2O4S. The van der Waals surface area contributed by atoms with Crippen molar-refractivity contribution in [1.82, 2.24) is 5.32 Å². The van der Waals surface area contributed by atoms with Crippen molar-refractivity contribution in [3.05, 3.63) is 93.0 Å². The number of methoxy groups -OCH3 is 1. The Morgan fingerprint density at radius 3 is 2.34 bits per heavy atom. The lowest BCUT2D eigenvalue weighted by atomic mass is 10.0. The monoisotopic (exact) mass is 534 g/mol. The van der Waals surface area contributed by atoms with E-state index in [-0.39, 0.29) is 28.5 Å². The van der Waals surface area contributed by atoms with Crippen LogP contribution in [0.2, 0.25) is 10.0 Å². The molecular weight excluding hydrogens is 507 g/mol. The molecule has 3 aromatic carbocycles. The summed E-state index contributed by atoms with van der Waals surface area (Å²) in [6.45, 7) is 4.02. The molecule has 3 aromatic rings. The Hall–Kier alpha value is -2.74. The van der Waals surface area contributed by atoms with E-state index in [2.05, 4.69) is 5.32 Å². The van der Waals surface area contributed by atoms with Crippen LogP contribution >= 0.6 is 23.2 Å². The summed E-state index contributed by atoms with van der Waals surface area (Å²) in [4.78, 5) is 12.9. The van der Waals surface area contributed by atoms with E-state index < -0.39 is 10.0 Å². The van der Waals surface area contributed by atoms with Crippen LogP contribution in [0.4, 0.5) is 5.69 Å². The molecule has 0 aliphatic rings. The highest BCUT2D eigenvalue weighted by atomic mass is 35.5. The molecule has 35 heavy (non-hydrogen) atoms. The molecule has 0 fully saturated rings. The second kappa shape index (κ2) is 11.3. The number of rotatable bonds is 9. The van der Waals surface area contributed by atoms with E-state index in [9.17, 15) is 13.2 Å². The fourth-order valence-corrected chi connectivity index (χ4v) is 5.12.